The predicted molar refractivity (Wildman–Crippen MR) is 156 cm³/mol. The molecule has 1 fully saturated rings. The van der Waals surface area contributed by atoms with Gasteiger partial charge in [-0.2, -0.15) is 0 Å². The maximum Gasteiger partial charge on any atom is 0.331 e. The van der Waals surface area contributed by atoms with Crippen LogP contribution < -0.4 is 20.3 Å². The number of hydrogen-bond donors (Lipinski definition) is 2. The van der Waals surface area contributed by atoms with Gasteiger partial charge < -0.3 is 20.3 Å². The lowest BCUT2D eigenvalue weighted by Gasteiger charge is -2.32. The maximum atomic E-state index is 13.5. The molecule has 0 saturated carbocycles. The van der Waals surface area contributed by atoms with Crippen LogP contribution in [0.2, 0.25) is 0 Å². The third-order valence-electron chi connectivity index (χ3n) is 7.16. The molecule has 0 spiro atoms. The number of carbonyl (C=O) groups is 3. The molecule has 4 amide bonds. The smallest absolute Gasteiger partial charge is 0.331 e. The van der Waals surface area contributed by atoms with Gasteiger partial charge in [-0.25, -0.2) is 9.78 Å². The Balaban J connectivity index is 1.26. The van der Waals surface area contributed by atoms with Gasteiger partial charge in [0.05, 0.1) is 22.4 Å². The van der Waals surface area contributed by atoms with Gasteiger partial charge in [0.15, 0.2) is 0 Å². The third kappa shape index (κ3) is 4.66. The molecule has 0 unspecified atom stereocenters. The minimum Gasteiger partial charge on any atom is -0.457 e. The van der Waals surface area contributed by atoms with Crippen molar-refractivity contribution in [2.24, 2.45) is 0 Å². The monoisotopic (exact) mass is 553 g/mol. The predicted octanol–water partition coefficient (Wildman–Crippen LogP) is 5.99. The molecule has 0 atom stereocenters. The second kappa shape index (κ2) is 10.5. The van der Waals surface area contributed by atoms with E-state index in [4.69, 9.17) is 4.74 Å². The number of nitrogens with zero attached hydrogens (tertiary/aromatic N) is 3. The second-order valence-corrected chi connectivity index (χ2v) is 10.7. The average molecular weight is 554 g/mol. The van der Waals surface area contributed by atoms with Crippen LogP contribution in [0.3, 0.4) is 0 Å². The van der Waals surface area contributed by atoms with E-state index >= 15 is 0 Å². The molecular formula is C30H27N5O4S. The molecule has 1 saturated heterocycles. The SMILES string of the molecule is C=CC(=O)N1CCC(NC(=O)c2sc3nccc4c3c2NC(=O)N4c2ccc(Oc3ccccc3)cc2C)CC1. The molecule has 4 heterocycles. The van der Waals surface area contributed by atoms with Gasteiger partial charge in [0, 0.05) is 25.3 Å². The topological polar surface area (TPSA) is 104 Å². The normalized spacial score (nSPS) is 15.1. The standard InChI is InChI=1S/C30H27N5O4S/c1-3-24(36)34-15-12-19(13-16-34)32-28(37)27-26-25-23(11-14-31-29(25)40-27)35(30(38)33-26)22-10-9-21(17-18(22)2)39-20-7-5-4-6-8-20/h3-11,14,17,19H,1,12-13,15-16H2,2H3,(H,32,37)(H,33,38). The van der Waals surface area contributed by atoms with Gasteiger partial charge in [0.1, 0.15) is 21.2 Å². The lowest BCUT2D eigenvalue weighted by molar-refractivity contribution is -0.127. The van der Waals surface area contributed by atoms with Crippen LogP contribution in [0.4, 0.5) is 21.9 Å². The van der Waals surface area contributed by atoms with E-state index in [0.29, 0.717) is 58.5 Å². The summed E-state index contributed by atoms with van der Waals surface area (Å²) in [5, 5.41) is 6.77. The number of aromatic nitrogens is 1. The Morgan fingerprint density at radius 3 is 2.60 bits per heavy atom. The van der Waals surface area contributed by atoms with Crippen LogP contribution in [-0.2, 0) is 4.79 Å². The summed E-state index contributed by atoms with van der Waals surface area (Å²) < 4.78 is 5.96. The summed E-state index contributed by atoms with van der Waals surface area (Å²) >= 11 is 1.25. The van der Waals surface area contributed by atoms with Crippen molar-refractivity contribution in [2.45, 2.75) is 25.8 Å². The Bertz CT molecular complexity index is 1640. The first-order chi connectivity index (χ1) is 19.4. The van der Waals surface area contributed by atoms with Gasteiger partial charge >= 0.3 is 6.03 Å². The first-order valence-electron chi connectivity index (χ1n) is 13.0. The Kier molecular flexibility index (Phi) is 6.69. The Morgan fingerprint density at radius 2 is 1.88 bits per heavy atom. The van der Waals surface area contributed by atoms with Gasteiger partial charge in [-0.05, 0) is 67.8 Å². The van der Waals surface area contributed by atoms with Crippen LogP contribution >= 0.6 is 11.3 Å². The highest BCUT2D eigenvalue weighted by Gasteiger charge is 2.34. The van der Waals surface area contributed by atoms with Crippen LogP contribution in [0.5, 0.6) is 11.5 Å². The zero-order chi connectivity index (χ0) is 27.8. The molecule has 0 bridgehead atoms. The van der Waals surface area contributed by atoms with Crippen molar-refractivity contribution in [3.63, 3.8) is 0 Å². The molecule has 0 aliphatic carbocycles. The van der Waals surface area contributed by atoms with Crippen molar-refractivity contribution in [1.82, 2.24) is 15.2 Å². The van der Waals surface area contributed by atoms with Crippen LogP contribution in [0.25, 0.3) is 10.2 Å². The quantitative estimate of drug-likeness (QED) is 0.286. The minimum atomic E-state index is -0.358. The number of likely N-dealkylation sites (tertiary alicyclic amines) is 1. The highest BCUT2D eigenvalue weighted by molar-refractivity contribution is 7.21. The second-order valence-electron chi connectivity index (χ2n) is 9.72. The summed E-state index contributed by atoms with van der Waals surface area (Å²) in [5.74, 6) is 1.04. The minimum absolute atomic E-state index is 0.0683. The number of carbonyl (C=O) groups excluding carboxylic acids is 3. The molecule has 9 nitrogen and oxygen atoms in total. The van der Waals surface area contributed by atoms with Crippen LogP contribution in [-0.4, -0.2) is 46.9 Å². The Morgan fingerprint density at radius 1 is 1.10 bits per heavy atom. The van der Waals surface area contributed by atoms with E-state index in [1.807, 2.05) is 55.5 Å². The Hall–Kier alpha value is -4.70. The number of aryl methyl sites for hydroxylation is 1. The number of ether oxygens (including phenoxy) is 1. The maximum absolute atomic E-state index is 13.5. The molecule has 202 valence electrons. The molecule has 10 heteroatoms. The fraction of sp³-hybridized carbons (Fsp3) is 0.200. The number of anilines is 3. The van der Waals surface area contributed by atoms with E-state index in [2.05, 4.69) is 22.2 Å². The number of hydrogen-bond acceptors (Lipinski definition) is 6. The molecule has 2 aromatic carbocycles. The van der Waals surface area contributed by atoms with Gasteiger partial charge in [-0.3, -0.25) is 14.5 Å². The van der Waals surface area contributed by atoms with E-state index < -0.39 is 0 Å². The first kappa shape index (κ1) is 25.6. The lowest BCUT2D eigenvalue weighted by Crippen LogP contribution is -2.46. The summed E-state index contributed by atoms with van der Waals surface area (Å²) in [6.07, 6.45) is 4.27. The van der Waals surface area contributed by atoms with Crippen molar-refractivity contribution in [2.75, 3.05) is 23.3 Å². The molecule has 2 aromatic heterocycles. The molecule has 6 rings (SSSR count). The van der Waals surface area contributed by atoms with Gasteiger partial charge in [-0.15, -0.1) is 11.3 Å². The number of thiophene rings is 1. The van der Waals surface area contributed by atoms with Crippen LogP contribution in [0, 0.1) is 6.92 Å². The number of piperidine rings is 1. The fourth-order valence-electron chi connectivity index (χ4n) is 5.17. The molecule has 0 radical (unpaired) electrons. The zero-order valence-electron chi connectivity index (χ0n) is 21.8. The van der Waals surface area contributed by atoms with E-state index in [9.17, 15) is 14.4 Å². The summed E-state index contributed by atoms with van der Waals surface area (Å²) in [4.78, 5) is 47.7. The van der Waals surface area contributed by atoms with E-state index in [-0.39, 0.29) is 23.9 Å². The van der Waals surface area contributed by atoms with E-state index in [1.165, 1.54) is 17.4 Å². The highest BCUT2D eigenvalue weighted by Crippen LogP contribution is 2.46. The average Bonchev–Trinajstić information content (AvgIpc) is 3.34. The molecule has 4 aromatic rings. The fourth-order valence-corrected chi connectivity index (χ4v) is 6.20. The van der Waals surface area contributed by atoms with Crippen molar-refractivity contribution < 1.29 is 19.1 Å². The van der Waals surface area contributed by atoms with Crippen LogP contribution in [0.1, 0.15) is 28.1 Å². The van der Waals surface area contributed by atoms with Gasteiger partial charge in [-0.1, -0.05) is 24.8 Å². The van der Waals surface area contributed by atoms with E-state index in [0.717, 1.165) is 16.7 Å². The number of pyridine rings is 1. The molecule has 40 heavy (non-hydrogen) atoms. The summed E-state index contributed by atoms with van der Waals surface area (Å²) in [6.45, 7) is 6.58. The largest absolute Gasteiger partial charge is 0.457 e. The third-order valence-corrected chi connectivity index (χ3v) is 8.25. The number of para-hydroxylation sites is 1. The summed E-state index contributed by atoms with van der Waals surface area (Å²) in [6, 6.07) is 16.5. The molecule has 2 N–H and O–H groups in total. The highest BCUT2D eigenvalue weighted by atomic mass is 32.1. The number of benzene rings is 2. The number of urea groups is 1. The van der Waals surface area contributed by atoms with Gasteiger partial charge in [0.2, 0.25) is 5.91 Å². The van der Waals surface area contributed by atoms with E-state index in [1.54, 1.807) is 22.1 Å². The van der Waals surface area contributed by atoms with Crippen molar-refractivity contribution in [1.29, 1.82) is 0 Å². The molecular weight excluding hydrogens is 526 g/mol. The van der Waals surface area contributed by atoms with Crippen molar-refractivity contribution >= 4 is 56.5 Å². The van der Waals surface area contributed by atoms with Crippen molar-refractivity contribution in [3.8, 4) is 11.5 Å². The zero-order valence-corrected chi connectivity index (χ0v) is 22.7. The molecule has 2 aliphatic rings. The Labute approximate surface area is 235 Å². The number of rotatable bonds is 6. The van der Waals surface area contributed by atoms with Gasteiger partial charge in [0.25, 0.3) is 5.91 Å². The van der Waals surface area contributed by atoms with Crippen molar-refractivity contribution in [3.05, 3.63) is 83.9 Å². The lowest BCUT2D eigenvalue weighted by atomic mass is 10.0. The summed E-state index contributed by atoms with van der Waals surface area (Å²) in [5.41, 5.74) is 2.69. The summed E-state index contributed by atoms with van der Waals surface area (Å²) in [7, 11) is 0. The first-order valence-corrected chi connectivity index (χ1v) is 13.8. The van der Waals surface area contributed by atoms with Crippen LogP contribution in [0.15, 0.2) is 73.4 Å². The number of amides is 4. The number of nitrogens with one attached hydrogen (secondary N) is 2. The molecule has 2 aliphatic heterocycles.